The van der Waals surface area contributed by atoms with Crippen LogP contribution < -0.4 is 20.9 Å². The van der Waals surface area contributed by atoms with Crippen LogP contribution in [0.25, 0.3) is 16.8 Å². The molecule has 0 unspecified atom stereocenters. The van der Waals surface area contributed by atoms with Crippen molar-refractivity contribution in [1.29, 1.82) is 0 Å². The number of nitrogens with one attached hydrogen (secondary N) is 3. The van der Waals surface area contributed by atoms with Gasteiger partial charge in [-0.2, -0.15) is 0 Å². The highest BCUT2D eigenvalue weighted by molar-refractivity contribution is 7.80. The molecule has 3 aromatic carbocycles. The average Bonchev–Trinajstić information content (AvgIpc) is 2.76. The summed E-state index contributed by atoms with van der Waals surface area (Å²) in [4.78, 5) is 23.8. The maximum absolute atomic E-state index is 12.9. The molecular weight excluding hydrogens is 405 g/mol. The van der Waals surface area contributed by atoms with E-state index in [1.54, 1.807) is 6.07 Å². The van der Waals surface area contributed by atoms with Crippen LogP contribution in [0.1, 0.15) is 5.56 Å². The SMILES string of the molecule is O=C(/C=C/c1ccc(F)cc1)NC(=S)NNC(=O)COc1cccc2ccccc12. The van der Waals surface area contributed by atoms with E-state index in [2.05, 4.69) is 16.2 Å². The minimum Gasteiger partial charge on any atom is -0.483 e. The van der Waals surface area contributed by atoms with Gasteiger partial charge in [0.05, 0.1) is 0 Å². The lowest BCUT2D eigenvalue weighted by Gasteiger charge is -2.11. The summed E-state index contributed by atoms with van der Waals surface area (Å²) in [5.41, 5.74) is 5.44. The number of benzene rings is 3. The predicted molar refractivity (Wildman–Crippen MR) is 117 cm³/mol. The second-order valence-corrected chi connectivity index (χ2v) is 6.55. The fraction of sp³-hybridized carbons (Fsp3) is 0.0455. The molecule has 0 aliphatic heterocycles. The number of carbonyl (C=O) groups is 2. The van der Waals surface area contributed by atoms with Gasteiger partial charge in [-0.25, -0.2) is 4.39 Å². The summed E-state index contributed by atoms with van der Waals surface area (Å²) in [6, 6.07) is 18.9. The van der Waals surface area contributed by atoms with Crippen LogP contribution >= 0.6 is 12.2 Å². The van der Waals surface area contributed by atoms with E-state index in [1.165, 1.54) is 36.4 Å². The van der Waals surface area contributed by atoms with Crippen LogP contribution in [0.2, 0.25) is 0 Å². The zero-order chi connectivity index (χ0) is 21.3. The van der Waals surface area contributed by atoms with Gasteiger partial charge in [0.15, 0.2) is 11.7 Å². The van der Waals surface area contributed by atoms with Crippen molar-refractivity contribution < 1.29 is 18.7 Å². The lowest BCUT2D eigenvalue weighted by molar-refractivity contribution is -0.123. The number of hydrogen-bond acceptors (Lipinski definition) is 4. The molecule has 0 atom stereocenters. The molecule has 30 heavy (non-hydrogen) atoms. The third-order valence-corrected chi connectivity index (χ3v) is 4.16. The van der Waals surface area contributed by atoms with Gasteiger partial charge in [0.25, 0.3) is 5.91 Å². The van der Waals surface area contributed by atoms with E-state index in [9.17, 15) is 14.0 Å². The molecule has 0 heterocycles. The van der Waals surface area contributed by atoms with Gasteiger partial charge in [-0.15, -0.1) is 0 Å². The van der Waals surface area contributed by atoms with E-state index in [0.29, 0.717) is 11.3 Å². The Hall–Kier alpha value is -3.78. The molecule has 0 fully saturated rings. The first-order valence-electron chi connectivity index (χ1n) is 8.95. The average molecular weight is 423 g/mol. The smallest absolute Gasteiger partial charge is 0.276 e. The Morgan fingerprint density at radius 2 is 1.70 bits per heavy atom. The molecular formula is C22H18FN3O3S. The van der Waals surface area contributed by atoms with Gasteiger partial charge in [0, 0.05) is 11.5 Å². The number of fused-ring (bicyclic) bond motifs is 1. The summed E-state index contributed by atoms with van der Waals surface area (Å²) in [5, 5.41) is 4.20. The Morgan fingerprint density at radius 1 is 0.967 bits per heavy atom. The van der Waals surface area contributed by atoms with Crippen LogP contribution in [0.15, 0.2) is 72.8 Å². The number of hydrogen-bond donors (Lipinski definition) is 3. The third kappa shape index (κ3) is 6.11. The van der Waals surface area contributed by atoms with E-state index in [1.807, 2.05) is 36.4 Å². The van der Waals surface area contributed by atoms with Crippen LogP contribution in [-0.4, -0.2) is 23.5 Å². The summed E-state index contributed by atoms with van der Waals surface area (Å²) in [6.45, 7) is -0.234. The lowest BCUT2D eigenvalue weighted by Crippen LogP contribution is -2.49. The van der Waals surface area contributed by atoms with Gasteiger partial charge < -0.3 is 4.74 Å². The molecule has 0 aliphatic rings. The van der Waals surface area contributed by atoms with Crippen molar-refractivity contribution in [3.8, 4) is 5.75 Å². The monoisotopic (exact) mass is 423 g/mol. The van der Waals surface area contributed by atoms with Crippen LogP contribution in [-0.2, 0) is 9.59 Å². The van der Waals surface area contributed by atoms with E-state index in [4.69, 9.17) is 17.0 Å². The highest BCUT2D eigenvalue weighted by atomic mass is 32.1. The summed E-state index contributed by atoms with van der Waals surface area (Å²) in [5.74, 6) is -0.744. The first-order chi connectivity index (χ1) is 14.5. The molecule has 0 saturated carbocycles. The molecule has 3 aromatic rings. The van der Waals surface area contributed by atoms with Crippen LogP contribution in [0.4, 0.5) is 4.39 Å². The molecule has 3 N–H and O–H groups in total. The number of hydrazine groups is 1. The first kappa shape index (κ1) is 20.9. The van der Waals surface area contributed by atoms with Gasteiger partial charge in [-0.3, -0.25) is 25.8 Å². The molecule has 0 aromatic heterocycles. The Labute approximate surface area is 177 Å². The second-order valence-electron chi connectivity index (χ2n) is 6.14. The molecule has 3 rings (SSSR count). The third-order valence-electron chi connectivity index (χ3n) is 3.96. The summed E-state index contributed by atoms with van der Waals surface area (Å²) in [6.07, 6.45) is 2.75. The highest BCUT2D eigenvalue weighted by Crippen LogP contribution is 2.24. The Morgan fingerprint density at radius 3 is 2.50 bits per heavy atom. The molecule has 0 spiro atoms. The Kier molecular flexibility index (Phi) is 7.07. The topological polar surface area (TPSA) is 79.5 Å². The normalized spacial score (nSPS) is 10.6. The van der Waals surface area contributed by atoms with Crippen LogP contribution in [0.3, 0.4) is 0 Å². The minimum absolute atomic E-state index is 0.0812. The number of ether oxygens (including phenoxy) is 1. The van der Waals surface area contributed by atoms with Gasteiger partial charge in [0.1, 0.15) is 11.6 Å². The maximum Gasteiger partial charge on any atom is 0.276 e. The number of halogens is 1. The van der Waals surface area contributed by atoms with E-state index >= 15 is 0 Å². The highest BCUT2D eigenvalue weighted by Gasteiger charge is 2.07. The van der Waals surface area contributed by atoms with Gasteiger partial charge in [-0.1, -0.05) is 48.5 Å². The zero-order valence-electron chi connectivity index (χ0n) is 15.7. The fourth-order valence-corrected chi connectivity index (χ4v) is 2.71. The van der Waals surface area contributed by atoms with Crippen molar-refractivity contribution in [1.82, 2.24) is 16.2 Å². The van der Waals surface area contributed by atoms with E-state index in [-0.39, 0.29) is 17.5 Å². The summed E-state index contributed by atoms with van der Waals surface area (Å²) in [7, 11) is 0. The molecule has 0 saturated heterocycles. The van der Waals surface area contributed by atoms with Crippen LogP contribution in [0, 0.1) is 5.82 Å². The Balaban J connectivity index is 1.42. The maximum atomic E-state index is 12.9. The van der Waals surface area contributed by atoms with Crippen molar-refractivity contribution in [3.05, 3.63) is 84.2 Å². The predicted octanol–water partition coefficient (Wildman–Crippen LogP) is 3.09. The van der Waals surface area contributed by atoms with Crippen molar-refractivity contribution in [2.75, 3.05) is 6.61 Å². The number of carbonyl (C=O) groups excluding carboxylic acids is 2. The molecule has 0 bridgehead atoms. The lowest BCUT2D eigenvalue weighted by atomic mass is 10.1. The molecule has 0 radical (unpaired) electrons. The fourth-order valence-electron chi connectivity index (χ4n) is 2.56. The number of thiocarbonyl (C=S) groups is 1. The van der Waals surface area contributed by atoms with Crippen LogP contribution in [0.5, 0.6) is 5.75 Å². The van der Waals surface area contributed by atoms with E-state index in [0.717, 1.165) is 10.8 Å². The Bertz CT molecular complexity index is 1090. The minimum atomic E-state index is -0.502. The largest absolute Gasteiger partial charge is 0.483 e. The van der Waals surface area contributed by atoms with Crippen molar-refractivity contribution >= 4 is 46.0 Å². The second kappa shape index (κ2) is 10.1. The molecule has 0 aliphatic carbocycles. The van der Waals surface area contributed by atoms with Crippen molar-refractivity contribution in [2.45, 2.75) is 0 Å². The molecule has 8 heteroatoms. The summed E-state index contributed by atoms with van der Waals surface area (Å²) >= 11 is 4.96. The zero-order valence-corrected chi connectivity index (χ0v) is 16.5. The van der Waals surface area contributed by atoms with Crippen molar-refractivity contribution in [3.63, 3.8) is 0 Å². The quantitative estimate of drug-likeness (QED) is 0.334. The van der Waals surface area contributed by atoms with Gasteiger partial charge >= 0.3 is 0 Å². The number of amides is 2. The van der Waals surface area contributed by atoms with Gasteiger partial charge in [-0.05, 0) is 47.4 Å². The molecule has 2 amide bonds. The van der Waals surface area contributed by atoms with E-state index < -0.39 is 11.8 Å². The van der Waals surface area contributed by atoms with Gasteiger partial charge in [0.2, 0.25) is 5.91 Å². The molecule has 6 nitrogen and oxygen atoms in total. The summed E-state index contributed by atoms with van der Waals surface area (Å²) < 4.78 is 18.4. The first-order valence-corrected chi connectivity index (χ1v) is 9.36. The molecule has 152 valence electrons. The number of rotatable bonds is 5. The standard InChI is InChI=1S/C22H18FN3O3S/c23-17-11-8-15(9-12-17)10-13-20(27)24-22(30)26-25-21(28)14-29-19-7-3-5-16-4-1-2-6-18(16)19/h1-13H,14H2,(H,25,28)(H2,24,26,27,30)/b13-10+. The van der Waals surface area contributed by atoms with Crippen molar-refractivity contribution in [2.24, 2.45) is 0 Å².